The predicted molar refractivity (Wildman–Crippen MR) is 110 cm³/mol. The van der Waals surface area contributed by atoms with Crippen LogP contribution in [0.15, 0.2) is 47.4 Å². The normalized spacial score (nSPS) is 15.5. The minimum Gasteiger partial charge on any atom is -0.504 e. The van der Waals surface area contributed by atoms with Gasteiger partial charge in [0.15, 0.2) is 17.3 Å². The molecule has 1 amide bonds. The zero-order valence-corrected chi connectivity index (χ0v) is 17.7. The number of ether oxygens (including phenoxy) is 1. The highest BCUT2D eigenvalue weighted by atomic mass is 35.5. The maximum absolute atomic E-state index is 14.2. The van der Waals surface area contributed by atoms with Crippen LogP contribution in [0.3, 0.4) is 0 Å². The molecule has 1 aliphatic heterocycles. The lowest BCUT2D eigenvalue weighted by Gasteiger charge is -2.33. The molecule has 0 spiro atoms. The van der Waals surface area contributed by atoms with Gasteiger partial charge in [-0.2, -0.15) is 4.31 Å². The minimum atomic E-state index is -4.05. The second-order valence-corrected chi connectivity index (χ2v) is 8.86. The lowest BCUT2D eigenvalue weighted by Crippen LogP contribution is -2.50. The summed E-state index contributed by atoms with van der Waals surface area (Å²) in [6.07, 6.45) is 2.95. The van der Waals surface area contributed by atoms with Gasteiger partial charge in [0.1, 0.15) is 4.90 Å². The van der Waals surface area contributed by atoms with Gasteiger partial charge < -0.3 is 14.7 Å². The number of sulfonamides is 1. The summed E-state index contributed by atoms with van der Waals surface area (Å²) in [5.74, 6) is -0.982. The Morgan fingerprint density at radius 2 is 1.90 bits per heavy atom. The first kappa shape index (κ1) is 22.1. The molecule has 7 nitrogen and oxygen atoms in total. The zero-order chi connectivity index (χ0) is 21.9. The molecule has 160 valence electrons. The summed E-state index contributed by atoms with van der Waals surface area (Å²) in [6.45, 7) is 0.425. The summed E-state index contributed by atoms with van der Waals surface area (Å²) in [5.41, 5.74) is 0.663. The number of benzene rings is 2. The number of aromatic hydroxyl groups is 1. The number of phenols is 1. The molecule has 0 radical (unpaired) electrons. The third-order valence-electron chi connectivity index (χ3n) is 4.71. The molecule has 1 fully saturated rings. The Balaban J connectivity index is 1.65. The predicted octanol–water partition coefficient (Wildman–Crippen LogP) is 2.74. The molecule has 0 aliphatic carbocycles. The monoisotopic (exact) mass is 454 g/mol. The smallest absolute Gasteiger partial charge is 0.246 e. The van der Waals surface area contributed by atoms with Crippen molar-refractivity contribution in [1.29, 1.82) is 0 Å². The van der Waals surface area contributed by atoms with Gasteiger partial charge in [-0.1, -0.05) is 23.7 Å². The van der Waals surface area contributed by atoms with E-state index in [0.29, 0.717) is 5.56 Å². The van der Waals surface area contributed by atoms with Gasteiger partial charge in [0.05, 0.1) is 12.1 Å². The third kappa shape index (κ3) is 4.58. The number of rotatable bonds is 5. The Labute approximate surface area is 179 Å². The van der Waals surface area contributed by atoms with Gasteiger partial charge in [-0.05, 0) is 35.9 Å². The molecule has 2 aromatic rings. The van der Waals surface area contributed by atoms with Crippen LogP contribution in [-0.4, -0.2) is 61.9 Å². The minimum absolute atomic E-state index is 0.00514. The van der Waals surface area contributed by atoms with Crippen LogP contribution in [0.25, 0.3) is 6.08 Å². The fourth-order valence-corrected chi connectivity index (χ4v) is 4.78. The van der Waals surface area contributed by atoms with Crippen molar-refractivity contribution in [3.63, 3.8) is 0 Å². The molecule has 1 heterocycles. The molecule has 2 aromatic carbocycles. The van der Waals surface area contributed by atoms with Crippen molar-refractivity contribution in [2.24, 2.45) is 0 Å². The average molecular weight is 455 g/mol. The van der Waals surface area contributed by atoms with Crippen molar-refractivity contribution in [1.82, 2.24) is 9.21 Å². The highest BCUT2D eigenvalue weighted by molar-refractivity contribution is 7.89. The van der Waals surface area contributed by atoms with Crippen LogP contribution >= 0.6 is 11.6 Å². The molecular formula is C20H20ClFN2O5S. The first-order valence-electron chi connectivity index (χ1n) is 9.02. The van der Waals surface area contributed by atoms with E-state index in [0.717, 1.165) is 4.31 Å². The van der Waals surface area contributed by atoms with Gasteiger partial charge in [-0.15, -0.1) is 0 Å². The Kier molecular flexibility index (Phi) is 6.64. The number of phenolic OH excluding ortho intramolecular Hbond substituents is 1. The van der Waals surface area contributed by atoms with Crippen molar-refractivity contribution in [2.75, 3.05) is 33.3 Å². The van der Waals surface area contributed by atoms with Gasteiger partial charge >= 0.3 is 0 Å². The van der Waals surface area contributed by atoms with Crippen LogP contribution in [0.4, 0.5) is 4.39 Å². The third-order valence-corrected chi connectivity index (χ3v) is 6.91. The van der Waals surface area contributed by atoms with Crippen LogP contribution in [0.5, 0.6) is 11.5 Å². The maximum atomic E-state index is 14.2. The fourth-order valence-electron chi connectivity index (χ4n) is 3.04. The standard InChI is InChI=1S/C20H20ClFN2O5S/c1-29-17-13-14(5-7-16(17)25)6-8-19(26)23-9-11-24(12-10-23)30(27,28)18-4-2-3-15(21)20(18)22/h2-8,13,25H,9-12H2,1H3/b8-6+. The van der Waals surface area contributed by atoms with Crippen molar-refractivity contribution in [3.05, 3.63) is 58.9 Å². The van der Waals surface area contributed by atoms with Crippen molar-refractivity contribution in [2.45, 2.75) is 4.90 Å². The molecule has 0 saturated carbocycles. The van der Waals surface area contributed by atoms with E-state index in [4.69, 9.17) is 16.3 Å². The van der Waals surface area contributed by atoms with E-state index in [1.54, 1.807) is 18.2 Å². The first-order chi connectivity index (χ1) is 14.2. The van der Waals surface area contributed by atoms with Gasteiger partial charge in [-0.3, -0.25) is 4.79 Å². The Bertz CT molecular complexity index is 1080. The number of piperazine rings is 1. The molecule has 0 atom stereocenters. The van der Waals surface area contributed by atoms with Crippen LogP contribution in [0, 0.1) is 5.82 Å². The molecule has 30 heavy (non-hydrogen) atoms. The SMILES string of the molecule is COc1cc(/C=C/C(=O)N2CCN(S(=O)(=O)c3cccc(Cl)c3F)CC2)ccc1O. The van der Waals surface area contributed by atoms with Gasteiger partial charge in [0, 0.05) is 32.3 Å². The van der Waals surface area contributed by atoms with Crippen LogP contribution in [0.2, 0.25) is 5.02 Å². The molecule has 0 bridgehead atoms. The number of hydrogen-bond donors (Lipinski definition) is 1. The molecule has 1 aliphatic rings. The zero-order valence-electron chi connectivity index (χ0n) is 16.1. The molecule has 10 heteroatoms. The van der Waals surface area contributed by atoms with E-state index in [1.807, 2.05) is 0 Å². The highest BCUT2D eigenvalue weighted by Crippen LogP contribution is 2.27. The number of halogens is 2. The number of amides is 1. The number of carbonyl (C=O) groups excluding carboxylic acids is 1. The number of carbonyl (C=O) groups is 1. The quantitative estimate of drug-likeness (QED) is 0.702. The second kappa shape index (κ2) is 9.03. The summed E-state index contributed by atoms with van der Waals surface area (Å²) in [5, 5.41) is 9.35. The number of nitrogens with zero attached hydrogens (tertiary/aromatic N) is 2. The Morgan fingerprint density at radius 3 is 2.57 bits per heavy atom. The van der Waals surface area contributed by atoms with Gasteiger partial charge in [0.25, 0.3) is 0 Å². The summed E-state index contributed by atoms with van der Waals surface area (Å²) >= 11 is 5.70. The lowest BCUT2D eigenvalue weighted by molar-refractivity contribution is -0.127. The molecule has 3 rings (SSSR count). The summed E-state index contributed by atoms with van der Waals surface area (Å²) in [4.78, 5) is 13.5. The Morgan fingerprint density at radius 1 is 1.20 bits per heavy atom. The average Bonchev–Trinajstić information content (AvgIpc) is 2.74. The topological polar surface area (TPSA) is 87.2 Å². The van der Waals surface area contributed by atoms with E-state index in [2.05, 4.69) is 0 Å². The molecule has 0 unspecified atom stereocenters. The Hall–Kier alpha value is -2.62. The van der Waals surface area contributed by atoms with Crippen LogP contribution in [-0.2, 0) is 14.8 Å². The van der Waals surface area contributed by atoms with E-state index in [1.165, 1.54) is 42.4 Å². The maximum Gasteiger partial charge on any atom is 0.246 e. The van der Waals surface area contributed by atoms with Crippen LogP contribution < -0.4 is 4.74 Å². The van der Waals surface area contributed by atoms with E-state index in [-0.39, 0.29) is 48.6 Å². The largest absolute Gasteiger partial charge is 0.504 e. The second-order valence-electron chi connectivity index (χ2n) is 6.55. The summed E-state index contributed by atoms with van der Waals surface area (Å²) in [7, 11) is -2.62. The highest BCUT2D eigenvalue weighted by Gasteiger charge is 2.32. The molecule has 1 saturated heterocycles. The molecule has 0 aromatic heterocycles. The molecular weight excluding hydrogens is 435 g/mol. The van der Waals surface area contributed by atoms with E-state index >= 15 is 0 Å². The number of hydrogen-bond acceptors (Lipinski definition) is 5. The summed E-state index contributed by atoms with van der Waals surface area (Å²) < 4.78 is 45.8. The summed E-state index contributed by atoms with van der Waals surface area (Å²) in [6, 6.07) is 8.50. The van der Waals surface area contributed by atoms with E-state index < -0.39 is 20.7 Å². The first-order valence-corrected chi connectivity index (χ1v) is 10.8. The van der Waals surface area contributed by atoms with Gasteiger partial charge in [0.2, 0.25) is 15.9 Å². The van der Waals surface area contributed by atoms with Crippen LogP contribution in [0.1, 0.15) is 5.56 Å². The van der Waals surface area contributed by atoms with Crippen molar-refractivity contribution < 1.29 is 27.4 Å². The van der Waals surface area contributed by atoms with E-state index in [9.17, 15) is 22.7 Å². The molecule has 1 N–H and O–H groups in total. The van der Waals surface area contributed by atoms with Crippen molar-refractivity contribution in [3.8, 4) is 11.5 Å². The fraction of sp³-hybridized carbons (Fsp3) is 0.250. The van der Waals surface area contributed by atoms with Crippen molar-refractivity contribution >= 4 is 33.6 Å². The van der Waals surface area contributed by atoms with Gasteiger partial charge in [-0.25, -0.2) is 12.8 Å². The number of methoxy groups -OCH3 is 1. The lowest BCUT2D eigenvalue weighted by atomic mass is 10.2.